The van der Waals surface area contributed by atoms with E-state index in [-0.39, 0.29) is 19.5 Å². The number of rotatable bonds is 14. The normalized spacial score (nSPS) is 11.0. The zero-order valence-corrected chi connectivity index (χ0v) is 16.7. The van der Waals surface area contributed by atoms with E-state index in [1.54, 1.807) is 6.26 Å². The summed E-state index contributed by atoms with van der Waals surface area (Å²) in [6.45, 7) is -1.92. The Balaban J connectivity index is 4.03. The van der Waals surface area contributed by atoms with Gasteiger partial charge in [0.05, 0.1) is 32.7 Å². The molecule has 0 unspecified atom stereocenters. The van der Waals surface area contributed by atoms with Crippen LogP contribution in [-0.4, -0.2) is 91.4 Å². The van der Waals surface area contributed by atoms with Gasteiger partial charge in [-0.2, -0.15) is 11.8 Å². The van der Waals surface area contributed by atoms with E-state index in [1.807, 2.05) is 0 Å². The van der Waals surface area contributed by atoms with Gasteiger partial charge in [-0.3, -0.25) is 24.0 Å². The highest BCUT2D eigenvalue weighted by atomic mass is 32.2. The van der Waals surface area contributed by atoms with Gasteiger partial charge in [-0.05, 0) is 18.4 Å². The van der Waals surface area contributed by atoms with Crippen LogP contribution in [0.25, 0.3) is 0 Å². The maximum atomic E-state index is 11.7. The van der Waals surface area contributed by atoms with Gasteiger partial charge < -0.3 is 37.4 Å². The molecule has 1 atom stereocenters. The van der Waals surface area contributed by atoms with Gasteiger partial charge in [0, 0.05) is 0 Å². The Kier molecular flexibility index (Phi) is 13.6. The molecule has 0 saturated heterocycles. The molecule has 0 aliphatic heterocycles. The summed E-state index contributed by atoms with van der Waals surface area (Å²) in [7, 11) is 0. The van der Waals surface area contributed by atoms with Crippen LogP contribution in [0.2, 0.25) is 0 Å². The van der Waals surface area contributed by atoms with Crippen LogP contribution >= 0.6 is 11.8 Å². The average Bonchev–Trinajstić information content (AvgIpc) is 2.69. The van der Waals surface area contributed by atoms with Crippen LogP contribution in [0.15, 0.2) is 0 Å². The van der Waals surface area contributed by atoms with E-state index in [0.717, 1.165) is 0 Å². The van der Waals surface area contributed by atoms with Crippen molar-refractivity contribution in [1.82, 2.24) is 26.6 Å². The first-order chi connectivity index (χ1) is 13.7. The molecule has 5 amide bonds. The predicted octanol–water partition coefficient (Wildman–Crippen LogP) is -4.27. The summed E-state index contributed by atoms with van der Waals surface area (Å²) < 4.78 is 0. The molecular formula is C15H26N6O7S. The number of aliphatic carboxylic acids is 1. The monoisotopic (exact) mass is 434 g/mol. The molecule has 0 rings (SSSR count). The topological polar surface area (TPSA) is 209 Å². The van der Waals surface area contributed by atoms with Gasteiger partial charge in [-0.25, -0.2) is 4.79 Å². The number of hydrogen-bond acceptors (Lipinski definition) is 8. The smallest absolute Gasteiger partial charge is 0.326 e. The van der Waals surface area contributed by atoms with Crippen LogP contribution in [0.3, 0.4) is 0 Å². The molecule has 0 aliphatic carbocycles. The van der Waals surface area contributed by atoms with Crippen LogP contribution in [0.5, 0.6) is 0 Å². The number of carboxylic acid groups (broad SMARTS) is 1. The minimum atomic E-state index is -1.17. The van der Waals surface area contributed by atoms with Gasteiger partial charge in [0.15, 0.2) is 0 Å². The standard InChI is InChI=1S/C15H26N6O7S/c1-29-3-2-9(15(27)28)21-14(26)8-20-13(25)7-19-12(24)6-18-11(23)5-17-10(22)4-16/h9H,2-8,16H2,1H3,(H,17,22)(H,18,23)(H,19,24)(H,20,25)(H,21,26)(H,27,28)/t9-/m0/s1. The van der Waals surface area contributed by atoms with Crippen molar-refractivity contribution in [2.24, 2.45) is 5.73 Å². The van der Waals surface area contributed by atoms with Crippen LogP contribution in [0, 0.1) is 0 Å². The molecule has 0 radical (unpaired) electrons. The first-order valence-electron chi connectivity index (χ1n) is 8.47. The van der Waals surface area contributed by atoms with Crippen LogP contribution < -0.4 is 32.3 Å². The second-order valence-electron chi connectivity index (χ2n) is 5.55. The molecule has 0 bridgehead atoms. The molecule has 8 N–H and O–H groups in total. The van der Waals surface area contributed by atoms with E-state index in [1.165, 1.54) is 11.8 Å². The van der Waals surface area contributed by atoms with E-state index < -0.39 is 61.2 Å². The molecular weight excluding hydrogens is 408 g/mol. The van der Waals surface area contributed by atoms with E-state index >= 15 is 0 Å². The molecule has 0 aromatic carbocycles. The van der Waals surface area contributed by atoms with Crippen molar-refractivity contribution >= 4 is 47.3 Å². The average molecular weight is 434 g/mol. The van der Waals surface area contributed by atoms with Gasteiger partial charge >= 0.3 is 5.97 Å². The summed E-state index contributed by atoms with van der Waals surface area (Å²) in [5.41, 5.74) is 5.05. The van der Waals surface area contributed by atoms with Crippen molar-refractivity contribution in [2.45, 2.75) is 12.5 Å². The summed E-state index contributed by atoms with van der Waals surface area (Å²) >= 11 is 1.44. The van der Waals surface area contributed by atoms with Gasteiger partial charge in [0.1, 0.15) is 6.04 Å². The van der Waals surface area contributed by atoms with Gasteiger partial charge in [-0.15, -0.1) is 0 Å². The van der Waals surface area contributed by atoms with Crippen molar-refractivity contribution < 1.29 is 33.9 Å². The fraction of sp³-hybridized carbons (Fsp3) is 0.600. The maximum Gasteiger partial charge on any atom is 0.326 e. The molecule has 0 aliphatic rings. The lowest BCUT2D eigenvalue weighted by Gasteiger charge is -2.14. The predicted molar refractivity (Wildman–Crippen MR) is 104 cm³/mol. The van der Waals surface area contributed by atoms with Gasteiger partial charge in [0.2, 0.25) is 29.5 Å². The number of nitrogens with one attached hydrogen (secondary N) is 5. The van der Waals surface area contributed by atoms with Gasteiger partial charge in [0.25, 0.3) is 0 Å². The fourth-order valence-corrected chi connectivity index (χ4v) is 2.18. The lowest BCUT2D eigenvalue weighted by molar-refractivity contribution is -0.141. The quantitative estimate of drug-likeness (QED) is 0.141. The highest BCUT2D eigenvalue weighted by Crippen LogP contribution is 2.00. The van der Waals surface area contributed by atoms with E-state index in [9.17, 15) is 28.8 Å². The Hall–Kier alpha value is -2.87. The molecule has 164 valence electrons. The summed E-state index contributed by atoms with van der Waals surface area (Å²) in [6.07, 6.45) is 2.05. The van der Waals surface area contributed by atoms with Crippen molar-refractivity contribution in [2.75, 3.05) is 44.7 Å². The zero-order chi connectivity index (χ0) is 22.2. The van der Waals surface area contributed by atoms with Crippen molar-refractivity contribution in [3.63, 3.8) is 0 Å². The van der Waals surface area contributed by atoms with Crippen LogP contribution in [-0.2, 0) is 28.8 Å². The van der Waals surface area contributed by atoms with Crippen molar-refractivity contribution in [3.8, 4) is 0 Å². The highest BCUT2D eigenvalue weighted by molar-refractivity contribution is 7.98. The number of amides is 5. The molecule has 0 heterocycles. The molecule has 13 nitrogen and oxygen atoms in total. The highest BCUT2D eigenvalue weighted by Gasteiger charge is 2.19. The van der Waals surface area contributed by atoms with Crippen LogP contribution in [0.4, 0.5) is 0 Å². The second-order valence-corrected chi connectivity index (χ2v) is 6.54. The Morgan fingerprint density at radius 2 is 1.21 bits per heavy atom. The van der Waals surface area contributed by atoms with Gasteiger partial charge in [-0.1, -0.05) is 0 Å². The minimum absolute atomic E-state index is 0.244. The number of carboxylic acids is 1. The molecule has 0 fully saturated rings. The molecule has 0 saturated carbocycles. The van der Waals surface area contributed by atoms with E-state index in [2.05, 4.69) is 26.6 Å². The Labute approximate surface area is 171 Å². The zero-order valence-electron chi connectivity index (χ0n) is 15.9. The van der Waals surface area contributed by atoms with E-state index in [0.29, 0.717) is 5.75 Å². The van der Waals surface area contributed by atoms with Crippen molar-refractivity contribution in [3.05, 3.63) is 0 Å². The number of carbonyl (C=O) groups is 6. The largest absolute Gasteiger partial charge is 0.480 e. The third kappa shape index (κ3) is 13.9. The third-order valence-electron chi connectivity index (χ3n) is 3.21. The maximum absolute atomic E-state index is 11.7. The van der Waals surface area contributed by atoms with Crippen LogP contribution in [0.1, 0.15) is 6.42 Å². The number of hydrogen-bond donors (Lipinski definition) is 7. The molecule has 0 aromatic rings. The van der Waals surface area contributed by atoms with Crippen molar-refractivity contribution in [1.29, 1.82) is 0 Å². The summed E-state index contributed by atoms with van der Waals surface area (Å²) in [5, 5.41) is 20.2. The third-order valence-corrected chi connectivity index (χ3v) is 3.86. The molecule has 0 aromatic heterocycles. The summed E-state index contributed by atoms with van der Waals surface area (Å²) in [4.78, 5) is 68.2. The molecule has 0 spiro atoms. The fourth-order valence-electron chi connectivity index (χ4n) is 1.71. The summed E-state index contributed by atoms with van der Waals surface area (Å²) in [6, 6.07) is -1.05. The number of carbonyl (C=O) groups excluding carboxylic acids is 5. The first kappa shape index (κ1) is 26.1. The second kappa shape index (κ2) is 15.1. The SMILES string of the molecule is CSCC[C@H](NC(=O)CNC(=O)CNC(=O)CNC(=O)CNC(=O)CN)C(=O)O. The summed E-state index contributed by atoms with van der Waals surface area (Å²) in [5.74, 6) is -3.77. The lowest BCUT2D eigenvalue weighted by atomic mass is 10.2. The Morgan fingerprint density at radius 1 is 0.793 bits per heavy atom. The number of nitrogens with two attached hydrogens (primary N) is 1. The first-order valence-corrected chi connectivity index (χ1v) is 9.86. The Morgan fingerprint density at radius 3 is 1.59 bits per heavy atom. The minimum Gasteiger partial charge on any atom is -0.480 e. The van der Waals surface area contributed by atoms with E-state index in [4.69, 9.17) is 10.8 Å². The lowest BCUT2D eigenvalue weighted by Crippen LogP contribution is -2.48. The molecule has 29 heavy (non-hydrogen) atoms. The molecule has 14 heteroatoms. The Bertz CT molecular complexity index is 616. The number of thioether (sulfide) groups is 1.